The van der Waals surface area contributed by atoms with Crippen LogP contribution in [-0.2, 0) is 20.7 Å². The molecule has 0 radical (unpaired) electrons. The highest BCUT2D eigenvalue weighted by molar-refractivity contribution is 5.94. The van der Waals surface area contributed by atoms with E-state index in [0.29, 0.717) is 35.8 Å². The maximum Gasteiger partial charge on any atom is 0.307 e. The lowest BCUT2D eigenvalue weighted by Gasteiger charge is -2.37. The number of ether oxygens (including phenoxy) is 4. The summed E-state index contributed by atoms with van der Waals surface area (Å²) >= 11 is 0. The number of nitrogens with zero attached hydrogens (tertiary/aromatic N) is 1. The summed E-state index contributed by atoms with van der Waals surface area (Å²) < 4.78 is 21.3. The molecule has 1 aliphatic rings. The predicted octanol–water partition coefficient (Wildman–Crippen LogP) is 2.97. The Kier molecular flexibility index (Phi) is 7.35. The van der Waals surface area contributed by atoms with Crippen molar-refractivity contribution in [2.45, 2.75) is 25.8 Å². The smallest absolute Gasteiger partial charge is 0.307 e. The molecule has 0 fully saturated rings. The number of hydrogen-bond acceptors (Lipinski definition) is 7. The van der Waals surface area contributed by atoms with Crippen LogP contribution in [-0.4, -0.2) is 57.0 Å². The fraction of sp³-hybridized carbons (Fsp3) is 0.375. The van der Waals surface area contributed by atoms with Crippen LogP contribution < -0.4 is 14.2 Å². The molecular formula is C24H27NO7. The van der Waals surface area contributed by atoms with Crippen molar-refractivity contribution in [3.8, 4) is 17.2 Å². The van der Waals surface area contributed by atoms with E-state index in [0.717, 1.165) is 11.1 Å². The molecule has 1 atom stereocenters. The molecule has 1 amide bonds. The van der Waals surface area contributed by atoms with Crippen LogP contribution in [0.15, 0.2) is 36.4 Å². The number of fused-ring (bicyclic) bond motifs is 1. The molecule has 0 saturated heterocycles. The van der Waals surface area contributed by atoms with Gasteiger partial charge in [-0.3, -0.25) is 14.4 Å². The third-order valence-electron chi connectivity index (χ3n) is 5.51. The maximum absolute atomic E-state index is 13.1. The highest BCUT2D eigenvalue weighted by Gasteiger charge is 2.34. The van der Waals surface area contributed by atoms with Crippen molar-refractivity contribution in [1.29, 1.82) is 0 Å². The first-order valence-electron chi connectivity index (χ1n) is 10.2. The lowest BCUT2D eigenvalue weighted by molar-refractivity contribution is -0.144. The van der Waals surface area contributed by atoms with E-state index >= 15 is 0 Å². The van der Waals surface area contributed by atoms with Gasteiger partial charge in [-0.2, -0.15) is 0 Å². The van der Waals surface area contributed by atoms with Crippen LogP contribution in [0.5, 0.6) is 17.2 Å². The lowest BCUT2D eigenvalue weighted by Crippen LogP contribution is -2.43. The van der Waals surface area contributed by atoms with Gasteiger partial charge in [0.25, 0.3) is 5.91 Å². The number of hydrogen-bond donors (Lipinski definition) is 0. The molecule has 32 heavy (non-hydrogen) atoms. The van der Waals surface area contributed by atoms with E-state index in [1.165, 1.54) is 21.1 Å². The van der Waals surface area contributed by atoms with Crippen LogP contribution >= 0.6 is 0 Å². The molecule has 0 N–H and O–H groups in total. The molecule has 0 bridgehead atoms. The minimum absolute atomic E-state index is 0.00451. The van der Waals surface area contributed by atoms with E-state index in [4.69, 9.17) is 18.9 Å². The summed E-state index contributed by atoms with van der Waals surface area (Å²) in [5.41, 5.74) is 2.30. The van der Waals surface area contributed by atoms with Crippen LogP contribution in [0.2, 0.25) is 0 Å². The third-order valence-corrected chi connectivity index (χ3v) is 5.51. The summed E-state index contributed by atoms with van der Waals surface area (Å²) in [6.45, 7) is 1.66. The quantitative estimate of drug-likeness (QED) is 0.459. The van der Waals surface area contributed by atoms with Gasteiger partial charge in [0.2, 0.25) is 0 Å². The van der Waals surface area contributed by atoms with Gasteiger partial charge in [-0.05, 0) is 48.7 Å². The second-order valence-corrected chi connectivity index (χ2v) is 7.41. The maximum atomic E-state index is 13.1. The monoisotopic (exact) mass is 441 g/mol. The van der Waals surface area contributed by atoms with Crippen LogP contribution in [0, 0.1) is 0 Å². The third kappa shape index (κ3) is 5.01. The van der Waals surface area contributed by atoms with Crippen molar-refractivity contribution in [3.05, 3.63) is 53.1 Å². The number of amides is 1. The predicted molar refractivity (Wildman–Crippen MR) is 116 cm³/mol. The minimum atomic E-state index is -0.523. The summed E-state index contributed by atoms with van der Waals surface area (Å²) in [6, 6.07) is 9.84. The minimum Gasteiger partial charge on any atom is -0.493 e. The van der Waals surface area contributed by atoms with Crippen molar-refractivity contribution in [1.82, 2.24) is 4.90 Å². The molecule has 8 heteroatoms. The molecular weight excluding hydrogens is 414 g/mol. The zero-order valence-corrected chi connectivity index (χ0v) is 18.7. The molecule has 170 valence electrons. The largest absolute Gasteiger partial charge is 0.493 e. The molecule has 0 aromatic heterocycles. The Morgan fingerprint density at radius 2 is 1.75 bits per heavy atom. The molecule has 8 nitrogen and oxygen atoms in total. The number of ketones is 1. The molecule has 1 heterocycles. The Morgan fingerprint density at radius 1 is 1.03 bits per heavy atom. The SMILES string of the molecule is COC(=O)C[C@@H]1c2cc(OC)c(OC)cc2CCN1C(=O)COc1cccc(C(C)=O)c1. The van der Waals surface area contributed by atoms with Gasteiger partial charge in [0.15, 0.2) is 23.9 Å². The Labute approximate surface area is 187 Å². The van der Waals surface area contributed by atoms with E-state index in [9.17, 15) is 14.4 Å². The second kappa shape index (κ2) is 10.2. The molecule has 3 rings (SSSR count). The average molecular weight is 441 g/mol. The zero-order chi connectivity index (χ0) is 23.3. The Balaban J connectivity index is 1.84. The number of Topliss-reactive ketones (excluding diaryl/α,β-unsaturated/α-hetero) is 1. The first-order chi connectivity index (χ1) is 15.4. The van der Waals surface area contributed by atoms with Gasteiger partial charge in [-0.1, -0.05) is 12.1 Å². The highest BCUT2D eigenvalue weighted by atomic mass is 16.5. The second-order valence-electron chi connectivity index (χ2n) is 7.41. The number of carbonyl (C=O) groups excluding carboxylic acids is 3. The zero-order valence-electron chi connectivity index (χ0n) is 18.7. The van der Waals surface area contributed by atoms with Crippen LogP contribution in [0.4, 0.5) is 0 Å². The van der Waals surface area contributed by atoms with Crippen molar-refractivity contribution in [2.24, 2.45) is 0 Å². The number of carbonyl (C=O) groups is 3. The highest BCUT2D eigenvalue weighted by Crippen LogP contribution is 2.39. The summed E-state index contributed by atoms with van der Waals surface area (Å²) in [4.78, 5) is 38.4. The van der Waals surface area contributed by atoms with Gasteiger partial charge in [0.1, 0.15) is 5.75 Å². The van der Waals surface area contributed by atoms with E-state index in [1.54, 1.807) is 42.3 Å². The molecule has 2 aromatic carbocycles. The number of benzene rings is 2. The summed E-state index contributed by atoms with van der Waals surface area (Å²) in [5.74, 6) is 0.763. The molecule has 1 aliphatic heterocycles. The van der Waals surface area contributed by atoms with Gasteiger partial charge in [-0.25, -0.2) is 0 Å². The Hall–Kier alpha value is -3.55. The van der Waals surface area contributed by atoms with Gasteiger partial charge >= 0.3 is 5.97 Å². The van der Waals surface area contributed by atoms with E-state index in [2.05, 4.69) is 0 Å². The van der Waals surface area contributed by atoms with Crippen molar-refractivity contribution in [2.75, 3.05) is 34.5 Å². The number of rotatable bonds is 8. The van der Waals surface area contributed by atoms with Crippen molar-refractivity contribution in [3.63, 3.8) is 0 Å². The fourth-order valence-electron chi connectivity index (χ4n) is 3.82. The van der Waals surface area contributed by atoms with Crippen LogP contribution in [0.3, 0.4) is 0 Å². The van der Waals surface area contributed by atoms with Crippen LogP contribution in [0.25, 0.3) is 0 Å². The normalized spacial score (nSPS) is 14.9. The summed E-state index contributed by atoms with van der Waals surface area (Å²) in [5, 5.41) is 0. The van der Waals surface area contributed by atoms with Crippen LogP contribution in [0.1, 0.15) is 40.9 Å². The first kappa shape index (κ1) is 23.1. The van der Waals surface area contributed by atoms with E-state index in [-0.39, 0.29) is 24.7 Å². The van der Waals surface area contributed by atoms with Gasteiger partial charge in [-0.15, -0.1) is 0 Å². The van der Waals surface area contributed by atoms with Gasteiger partial charge in [0.05, 0.1) is 33.8 Å². The van der Waals surface area contributed by atoms with E-state index < -0.39 is 12.0 Å². The summed E-state index contributed by atoms with van der Waals surface area (Å²) in [6.07, 6.45) is 0.601. The average Bonchev–Trinajstić information content (AvgIpc) is 2.81. The van der Waals surface area contributed by atoms with Crippen molar-refractivity contribution < 1.29 is 33.3 Å². The number of esters is 1. The van der Waals surface area contributed by atoms with E-state index in [1.807, 2.05) is 6.07 Å². The molecule has 0 saturated carbocycles. The van der Waals surface area contributed by atoms with Gasteiger partial charge < -0.3 is 23.8 Å². The molecule has 0 aliphatic carbocycles. The molecule has 0 unspecified atom stereocenters. The topological polar surface area (TPSA) is 91.4 Å². The summed E-state index contributed by atoms with van der Waals surface area (Å²) in [7, 11) is 4.42. The molecule has 2 aromatic rings. The standard InChI is InChI=1S/C24H27NO7/c1-15(26)16-6-5-7-18(10-16)32-14-23(27)25-9-8-17-11-21(29-2)22(30-3)12-19(17)20(25)13-24(28)31-4/h5-7,10-12,20H,8-9,13-14H2,1-4H3/t20-/m1/s1. The Bertz CT molecular complexity index is 1020. The number of methoxy groups -OCH3 is 3. The van der Waals surface area contributed by atoms with Crippen molar-refractivity contribution >= 4 is 17.7 Å². The first-order valence-corrected chi connectivity index (χ1v) is 10.2. The lowest BCUT2D eigenvalue weighted by atomic mass is 9.90. The Morgan fingerprint density at radius 3 is 2.41 bits per heavy atom. The van der Waals surface area contributed by atoms with Gasteiger partial charge in [0, 0.05) is 12.1 Å². The fourth-order valence-corrected chi connectivity index (χ4v) is 3.82. The molecule has 0 spiro atoms.